The van der Waals surface area contributed by atoms with Crippen molar-refractivity contribution >= 4 is 5.82 Å². The number of fused-ring (bicyclic) bond motifs is 2. The number of hydrogen-bond donors (Lipinski definition) is 0. The maximum absolute atomic E-state index is 14.5. The van der Waals surface area contributed by atoms with Crippen molar-refractivity contribution in [3.8, 4) is 0 Å². The molecule has 3 aliphatic heterocycles. The van der Waals surface area contributed by atoms with Crippen molar-refractivity contribution in [2.45, 2.75) is 38.4 Å². The van der Waals surface area contributed by atoms with Gasteiger partial charge in [0.05, 0.1) is 5.69 Å². The van der Waals surface area contributed by atoms with Gasteiger partial charge in [-0.3, -0.25) is 4.90 Å². The normalized spacial score (nSPS) is 22.8. The number of halogens is 3. The van der Waals surface area contributed by atoms with Crippen LogP contribution in [0.5, 0.6) is 0 Å². The number of nitrogens with zero attached hydrogens (tertiary/aromatic N) is 4. The second-order valence-electron chi connectivity index (χ2n) is 6.71. The average molecular weight is 348 g/mol. The molecule has 4 nitrogen and oxygen atoms in total. The van der Waals surface area contributed by atoms with Crippen molar-refractivity contribution in [2.75, 3.05) is 18.0 Å². The van der Waals surface area contributed by atoms with Crippen LogP contribution in [-0.4, -0.2) is 40.0 Å². The van der Waals surface area contributed by atoms with Crippen molar-refractivity contribution in [3.05, 3.63) is 53.2 Å². The molecule has 5 rings (SSSR count). The third kappa shape index (κ3) is 2.97. The summed E-state index contributed by atoms with van der Waals surface area (Å²) >= 11 is 0. The van der Waals surface area contributed by atoms with Gasteiger partial charge in [-0.2, -0.15) is 0 Å². The van der Waals surface area contributed by atoms with E-state index in [1.807, 2.05) is 11.8 Å². The van der Waals surface area contributed by atoms with E-state index in [4.69, 9.17) is 0 Å². The van der Waals surface area contributed by atoms with Crippen molar-refractivity contribution in [3.63, 3.8) is 0 Å². The van der Waals surface area contributed by atoms with E-state index in [1.54, 1.807) is 0 Å². The zero-order chi connectivity index (χ0) is 17.6. The SMILES string of the molecule is CCc1ncnc(N2CC3CC(C2)N3Cc2cc(F)cc(F)c2)c1F. The summed E-state index contributed by atoms with van der Waals surface area (Å²) in [6.07, 6.45) is 2.95. The number of benzene rings is 1. The zero-order valence-electron chi connectivity index (χ0n) is 13.9. The maximum Gasteiger partial charge on any atom is 0.187 e. The Morgan fingerprint density at radius 3 is 2.36 bits per heavy atom. The van der Waals surface area contributed by atoms with Crippen LogP contribution < -0.4 is 4.90 Å². The highest BCUT2D eigenvalue weighted by atomic mass is 19.1. The largest absolute Gasteiger partial charge is 0.351 e. The molecule has 25 heavy (non-hydrogen) atoms. The van der Waals surface area contributed by atoms with Crippen molar-refractivity contribution in [1.82, 2.24) is 14.9 Å². The summed E-state index contributed by atoms with van der Waals surface area (Å²) < 4.78 is 41.2. The Morgan fingerprint density at radius 2 is 1.72 bits per heavy atom. The first-order valence-electron chi connectivity index (χ1n) is 8.50. The van der Waals surface area contributed by atoms with Gasteiger partial charge in [0.15, 0.2) is 11.6 Å². The van der Waals surface area contributed by atoms with E-state index in [9.17, 15) is 13.2 Å². The predicted molar refractivity (Wildman–Crippen MR) is 87.7 cm³/mol. The van der Waals surface area contributed by atoms with Crippen LogP contribution >= 0.6 is 0 Å². The Labute approximate surface area is 144 Å². The van der Waals surface area contributed by atoms with Crippen LogP contribution in [0.4, 0.5) is 19.0 Å². The Kier molecular flexibility index (Phi) is 4.11. The smallest absolute Gasteiger partial charge is 0.187 e. The quantitative estimate of drug-likeness (QED) is 0.850. The molecule has 1 aromatic carbocycles. The molecule has 132 valence electrons. The minimum Gasteiger partial charge on any atom is -0.351 e. The number of anilines is 1. The van der Waals surface area contributed by atoms with Gasteiger partial charge in [-0.15, -0.1) is 0 Å². The monoisotopic (exact) mass is 348 g/mol. The van der Waals surface area contributed by atoms with Gasteiger partial charge in [0, 0.05) is 37.8 Å². The number of piperidine rings is 1. The average Bonchev–Trinajstić information content (AvgIpc) is 2.59. The van der Waals surface area contributed by atoms with Crippen molar-refractivity contribution < 1.29 is 13.2 Å². The fraction of sp³-hybridized carbons (Fsp3) is 0.444. The molecule has 0 aliphatic carbocycles. The summed E-state index contributed by atoms with van der Waals surface area (Å²) in [6, 6.07) is 4.10. The van der Waals surface area contributed by atoms with E-state index in [1.165, 1.54) is 18.5 Å². The van der Waals surface area contributed by atoms with Gasteiger partial charge in [-0.05, 0) is 30.5 Å². The highest BCUT2D eigenvalue weighted by molar-refractivity contribution is 5.43. The van der Waals surface area contributed by atoms with Crippen LogP contribution in [0.1, 0.15) is 24.6 Å². The molecule has 1 aromatic heterocycles. The molecule has 3 fully saturated rings. The van der Waals surface area contributed by atoms with Crippen molar-refractivity contribution in [2.24, 2.45) is 0 Å². The fourth-order valence-electron chi connectivity index (χ4n) is 3.89. The van der Waals surface area contributed by atoms with Crippen LogP contribution in [-0.2, 0) is 13.0 Å². The molecule has 2 bridgehead atoms. The van der Waals surface area contributed by atoms with Gasteiger partial charge in [-0.1, -0.05) is 6.92 Å². The summed E-state index contributed by atoms with van der Waals surface area (Å²) in [4.78, 5) is 12.3. The topological polar surface area (TPSA) is 32.3 Å². The number of aryl methyl sites for hydroxylation is 1. The van der Waals surface area contributed by atoms with Crippen LogP contribution in [0.3, 0.4) is 0 Å². The van der Waals surface area contributed by atoms with Crippen molar-refractivity contribution in [1.29, 1.82) is 0 Å². The van der Waals surface area contributed by atoms with Crippen LogP contribution in [0.15, 0.2) is 24.5 Å². The van der Waals surface area contributed by atoms with Crippen LogP contribution in [0.2, 0.25) is 0 Å². The molecular formula is C18H19F3N4. The molecule has 3 aliphatic rings. The molecule has 7 heteroatoms. The first-order chi connectivity index (χ1) is 12.0. The highest BCUT2D eigenvalue weighted by Crippen LogP contribution is 2.36. The van der Waals surface area contributed by atoms with Gasteiger partial charge >= 0.3 is 0 Å². The molecule has 4 heterocycles. The lowest BCUT2D eigenvalue weighted by Crippen LogP contribution is -2.68. The Bertz CT molecular complexity index is 766. The Hall–Kier alpha value is -2.15. The number of piperazine rings is 1. The Balaban J connectivity index is 1.48. The molecule has 2 aromatic rings. The van der Waals surface area contributed by atoms with E-state index in [2.05, 4.69) is 14.9 Å². The molecule has 0 radical (unpaired) electrons. The summed E-state index contributed by atoms with van der Waals surface area (Å²) in [6.45, 7) is 3.68. The minimum absolute atomic E-state index is 0.240. The summed E-state index contributed by atoms with van der Waals surface area (Å²) in [7, 11) is 0. The summed E-state index contributed by atoms with van der Waals surface area (Å²) in [5.74, 6) is -1.10. The van der Waals surface area contributed by atoms with Crippen LogP contribution in [0.25, 0.3) is 0 Å². The molecule has 2 unspecified atom stereocenters. The predicted octanol–water partition coefficient (Wildman–Crippen LogP) is 2.92. The van der Waals surface area contributed by atoms with E-state index in [0.29, 0.717) is 43.1 Å². The van der Waals surface area contributed by atoms with Gasteiger partial charge in [0.1, 0.15) is 18.0 Å². The summed E-state index contributed by atoms with van der Waals surface area (Å²) in [5.41, 5.74) is 1.05. The molecular weight excluding hydrogens is 329 g/mol. The molecule has 0 saturated carbocycles. The minimum atomic E-state index is -0.558. The summed E-state index contributed by atoms with van der Waals surface area (Å²) in [5, 5.41) is 0. The Morgan fingerprint density at radius 1 is 1.04 bits per heavy atom. The second kappa shape index (κ2) is 6.29. The van der Waals surface area contributed by atoms with E-state index < -0.39 is 11.6 Å². The first kappa shape index (κ1) is 16.3. The lowest BCUT2D eigenvalue weighted by molar-refractivity contribution is -0.00904. The fourth-order valence-corrected chi connectivity index (χ4v) is 3.89. The number of rotatable bonds is 4. The van der Waals surface area contributed by atoms with Gasteiger partial charge in [0.25, 0.3) is 0 Å². The molecule has 0 N–H and O–H groups in total. The third-order valence-corrected chi connectivity index (χ3v) is 5.11. The molecule has 2 atom stereocenters. The highest BCUT2D eigenvalue weighted by Gasteiger charge is 2.45. The number of hydrogen-bond acceptors (Lipinski definition) is 4. The zero-order valence-corrected chi connectivity index (χ0v) is 13.9. The lowest BCUT2D eigenvalue weighted by Gasteiger charge is -2.56. The first-order valence-corrected chi connectivity index (χ1v) is 8.50. The molecule has 0 spiro atoms. The van der Waals surface area contributed by atoms with E-state index in [-0.39, 0.29) is 17.9 Å². The molecule has 3 saturated heterocycles. The standard InChI is InChI=1S/C18H19F3N4/c1-2-16-17(21)18(23-10-22-16)24-8-14-6-15(9-24)25(14)7-11-3-12(19)5-13(20)4-11/h3-5,10,14-15H,2,6-9H2,1H3. The van der Waals surface area contributed by atoms with E-state index >= 15 is 0 Å². The number of aromatic nitrogens is 2. The third-order valence-electron chi connectivity index (χ3n) is 5.11. The molecule has 0 amide bonds. The van der Waals surface area contributed by atoms with Gasteiger partial charge in [0.2, 0.25) is 0 Å². The van der Waals surface area contributed by atoms with E-state index in [0.717, 1.165) is 12.5 Å². The van der Waals surface area contributed by atoms with Crippen LogP contribution in [0, 0.1) is 17.5 Å². The lowest BCUT2D eigenvalue weighted by atomic mass is 9.86. The second-order valence-corrected chi connectivity index (χ2v) is 6.71. The maximum atomic E-state index is 14.5. The van der Waals surface area contributed by atoms with Gasteiger partial charge < -0.3 is 4.90 Å². The van der Waals surface area contributed by atoms with Gasteiger partial charge in [-0.25, -0.2) is 23.1 Å².